The number of benzene rings is 1. The van der Waals surface area contributed by atoms with Gasteiger partial charge in [-0.1, -0.05) is 64.0 Å². The first-order valence-corrected chi connectivity index (χ1v) is 13.3. The van der Waals surface area contributed by atoms with E-state index in [4.69, 9.17) is 11.6 Å². The molecule has 0 aliphatic carbocycles. The molecule has 0 aromatic heterocycles. The van der Waals surface area contributed by atoms with E-state index in [1.54, 1.807) is 0 Å². The molecular formula is C19H32ClNO4S2. The van der Waals surface area contributed by atoms with Crippen molar-refractivity contribution in [3.8, 4) is 0 Å². The molecule has 27 heavy (non-hydrogen) atoms. The van der Waals surface area contributed by atoms with Crippen molar-refractivity contribution in [2.75, 3.05) is 19.3 Å². The van der Waals surface area contributed by atoms with Crippen LogP contribution in [-0.4, -0.2) is 40.5 Å². The Hall–Kier alpha value is -0.630. The Morgan fingerprint density at radius 1 is 0.852 bits per heavy atom. The lowest BCUT2D eigenvalue weighted by Gasteiger charge is -2.23. The van der Waals surface area contributed by atoms with E-state index in [1.807, 2.05) is 6.92 Å². The highest BCUT2D eigenvalue weighted by molar-refractivity contribution is 7.91. The van der Waals surface area contributed by atoms with Crippen molar-refractivity contribution in [3.63, 3.8) is 0 Å². The minimum absolute atomic E-state index is 0.0412. The second-order valence-electron chi connectivity index (χ2n) is 6.89. The summed E-state index contributed by atoms with van der Waals surface area (Å²) in [6.45, 7) is 5.00. The minimum atomic E-state index is -3.85. The second-order valence-corrected chi connectivity index (χ2v) is 11.2. The van der Waals surface area contributed by atoms with Gasteiger partial charge in [-0.2, -0.15) is 4.31 Å². The Balaban J connectivity index is 3.02. The number of halogens is 1. The second kappa shape index (κ2) is 11.4. The molecule has 0 spiro atoms. The van der Waals surface area contributed by atoms with E-state index in [0.29, 0.717) is 13.1 Å². The first-order valence-electron chi connectivity index (χ1n) is 9.64. The Morgan fingerprint density at radius 2 is 1.41 bits per heavy atom. The lowest BCUT2D eigenvalue weighted by Crippen LogP contribution is -2.33. The SMILES string of the molecule is CCCCCCCCN(CCCC)S(=O)(=O)c1cc(S(C)(=O)=O)ccc1Cl. The molecule has 0 bridgehead atoms. The largest absolute Gasteiger partial charge is 0.244 e. The van der Waals surface area contributed by atoms with Crippen LogP contribution in [0.1, 0.15) is 65.2 Å². The van der Waals surface area contributed by atoms with Gasteiger partial charge in [-0.3, -0.25) is 0 Å². The molecule has 0 saturated heterocycles. The van der Waals surface area contributed by atoms with Crippen molar-refractivity contribution in [3.05, 3.63) is 23.2 Å². The van der Waals surface area contributed by atoms with Crippen LogP contribution in [0.2, 0.25) is 5.02 Å². The fourth-order valence-electron chi connectivity index (χ4n) is 2.81. The Bertz CT molecular complexity index is 792. The molecule has 0 heterocycles. The van der Waals surface area contributed by atoms with Crippen molar-refractivity contribution in [1.29, 1.82) is 0 Å². The van der Waals surface area contributed by atoms with Crippen molar-refractivity contribution in [2.45, 2.75) is 75.0 Å². The smallest absolute Gasteiger partial charge is 0.224 e. The number of unbranched alkanes of at least 4 members (excludes halogenated alkanes) is 6. The van der Waals surface area contributed by atoms with Crippen LogP contribution >= 0.6 is 11.6 Å². The van der Waals surface area contributed by atoms with Crippen molar-refractivity contribution < 1.29 is 16.8 Å². The summed E-state index contributed by atoms with van der Waals surface area (Å²) in [7, 11) is -7.36. The van der Waals surface area contributed by atoms with Crippen LogP contribution in [0.5, 0.6) is 0 Å². The van der Waals surface area contributed by atoms with Gasteiger partial charge in [-0.15, -0.1) is 0 Å². The molecule has 0 amide bonds. The summed E-state index contributed by atoms with van der Waals surface area (Å²) >= 11 is 6.13. The first kappa shape index (κ1) is 24.4. The average Bonchev–Trinajstić information content (AvgIpc) is 2.59. The summed E-state index contributed by atoms with van der Waals surface area (Å²) in [6.07, 6.45) is 9.08. The van der Waals surface area contributed by atoms with E-state index < -0.39 is 19.9 Å². The molecule has 0 aliphatic heterocycles. The summed E-state index contributed by atoms with van der Waals surface area (Å²) < 4.78 is 51.4. The minimum Gasteiger partial charge on any atom is -0.224 e. The highest BCUT2D eigenvalue weighted by Gasteiger charge is 2.27. The van der Waals surface area contributed by atoms with Gasteiger partial charge in [0.15, 0.2) is 9.84 Å². The zero-order chi connectivity index (χ0) is 20.5. The number of hydrogen-bond donors (Lipinski definition) is 0. The zero-order valence-electron chi connectivity index (χ0n) is 16.6. The molecule has 0 saturated carbocycles. The number of nitrogens with zero attached hydrogens (tertiary/aromatic N) is 1. The predicted octanol–water partition coefficient (Wildman–Crippen LogP) is 4.89. The molecule has 1 aromatic carbocycles. The zero-order valence-corrected chi connectivity index (χ0v) is 19.0. The average molecular weight is 438 g/mol. The summed E-state index contributed by atoms with van der Waals surface area (Å²) in [4.78, 5) is -0.172. The van der Waals surface area contributed by atoms with Crippen LogP contribution in [0, 0.1) is 0 Å². The quantitative estimate of drug-likeness (QED) is 0.411. The first-order chi connectivity index (χ1) is 12.6. The molecule has 0 atom stereocenters. The van der Waals surface area contributed by atoms with Gasteiger partial charge in [0.05, 0.1) is 9.92 Å². The molecule has 156 valence electrons. The Labute approximate surface area is 170 Å². The van der Waals surface area contributed by atoms with Crippen LogP contribution in [0.4, 0.5) is 0 Å². The Kier molecular flexibility index (Phi) is 10.3. The van der Waals surface area contributed by atoms with Gasteiger partial charge in [0, 0.05) is 19.3 Å². The molecule has 1 rings (SSSR count). The fraction of sp³-hybridized carbons (Fsp3) is 0.684. The molecule has 1 aromatic rings. The van der Waals surface area contributed by atoms with Gasteiger partial charge in [0.1, 0.15) is 4.90 Å². The Morgan fingerprint density at radius 3 is 2.00 bits per heavy atom. The molecule has 0 aliphatic rings. The van der Waals surface area contributed by atoms with Crippen LogP contribution in [0.3, 0.4) is 0 Å². The molecule has 0 radical (unpaired) electrons. The third kappa shape index (κ3) is 7.72. The van der Waals surface area contributed by atoms with E-state index in [1.165, 1.54) is 41.8 Å². The van der Waals surface area contributed by atoms with E-state index in [9.17, 15) is 16.8 Å². The van der Waals surface area contributed by atoms with Gasteiger partial charge in [-0.05, 0) is 31.0 Å². The topological polar surface area (TPSA) is 71.5 Å². The van der Waals surface area contributed by atoms with Gasteiger partial charge in [0.25, 0.3) is 0 Å². The van der Waals surface area contributed by atoms with Crippen LogP contribution < -0.4 is 0 Å². The molecule has 0 fully saturated rings. The number of sulfonamides is 1. The number of sulfone groups is 1. The lowest BCUT2D eigenvalue weighted by atomic mass is 10.1. The molecule has 0 unspecified atom stereocenters. The maximum absolute atomic E-state index is 13.2. The highest BCUT2D eigenvalue weighted by Crippen LogP contribution is 2.28. The van der Waals surface area contributed by atoms with E-state index in [0.717, 1.165) is 38.4 Å². The third-order valence-electron chi connectivity index (χ3n) is 4.47. The lowest BCUT2D eigenvalue weighted by molar-refractivity contribution is 0.389. The molecule has 0 N–H and O–H groups in total. The fourth-order valence-corrected chi connectivity index (χ4v) is 5.55. The van der Waals surface area contributed by atoms with Crippen molar-refractivity contribution >= 4 is 31.5 Å². The van der Waals surface area contributed by atoms with Gasteiger partial charge >= 0.3 is 0 Å². The number of rotatable bonds is 13. The summed E-state index contributed by atoms with van der Waals surface area (Å²) in [5, 5.41) is 0.0480. The van der Waals surface area contributed by atoms with Crippen LogP contribution in [-0.2, 0) is 19.9 Å². The molecular weight excluding hydrogens is 406 g/mol. The van der Waals surface area contributed by atoms with E-state index >= 15 is 0 Å². The standard InChI is InChI=1S/C19H32ClNO4S2/c1-4-6-8-9-10-11-15-21(14-7-5-2)27(24,25)19-16-17(26(3,22)23)12-13-18(19)20/h12-13,16H,4-11,14-15H2,1-3H3. The third-order valence-corrected chi connectivity index (χ3v) is 7.96. The van der Waals surface area contributed by atoms with Gasteiger partial charge in [0.2, 0.25) is 10.0 Å². The van der Waals surface area contributed by atoms with Gasteiger partial charge in [-0.25, -0.2) is 16.8 Å². The van der Waals surface area contributed by atoms with Gasteiger partial charge < -0.3 is 0 Å². The summed E-state index contributed by atoms with van der Waals surface area (Å²) in [6, 6.07) is 3.85. The van der Waals surface area contributed by atoms with E-state index in [-0.39, 0.29) is 14.8 Å². The monoisotopic (exact) mass is 437 g/mol. The molecule has 8 heteroatoms. The van der Waals surface area contributed by atoms with Crippen LogP contribution in [0.15, 0.2) is 28.0 Å². The van der Waals surface area contributed by atoms with Crippen LogP contribution in [0.25, 0.3) is 0 Å². The van der Waals surface area contributed by atoms with E-state index in [2.05, 4.69) is 6.92 Å². The normalized spacial score (nSPS) is 12.6. The summed E-state index contributed by atoms with van der Waals surface area (Å²) in [5.41, 5.74) is 0. The number of hydrogen-bond acceptors (Lipinski definition) is 4. The van der Waals surface area contributed by atoms with Crippen molar-refractivity contribution in [1.82, 2.24) is 4.31 Å². The van der Waals surface area contributed by atoms with Crippen molar-refractivity contribution in [2.24, 2.45) is 0 Å². The maximum atomic E-state index is 13.2. The summed E-state index contributed by atoms with van der Waals surface area (Å²) in [5.74, 6) is 0. The maximum Gasteiger partial charge on any atom is 0.244 e. The predicted molar refractivity (Wildman–Crippen MR) is 112 cm³/mol. The molecule has 5 nitrogen and oxygen atoms in total. The highest BCUT2D eigenvalue weighted by atomic mass is 35.5.